The average molecular weight is 199 g/mol. The first-order valence-electron chi connectivity index (χ1n) is 3.62. The summed E-state index contributed by atoms with van der Waals surface area (Å²) in [5.41, 5.74) is 0.691. The lowest BCUT2D eigenvalue weighted by Crippen LogP contribution is -2.04. The van der Waals surface area contributed by atoms with Gasteiger partial charge < -0.3 is 9.94 Å². The number of aliphatic carboxylic acids is 1. The zero-order valence-electron chi connectivity index (χ0n) is 7.06. The first-order chi connectivity index (χ1) is 6.20. The van der Waals surface area contributed by atoms with Gasteiger partial charge >= 0.3 is 5.97 Å². The normalized spacial score (nSPS) is 11.3. The highest BCUT2D eigenvalue weighted by Gasteiger charge is 1.99. The van der Waals surface area contributed by atoms with Crippen molar-refractivity contribution in [3.8, 4) is 0 Å². The number of rotatable bonds is 4. The number of carboxylic acid groups (broad SMARTS) is 1. The number of hydrogen-bond acceptors (Lipinski definition) is 4. The quantitative estimate of drug-likeness (QED) is 0.591. The average Bonchev–Trinajstić information content (AvgIpc) is 2.55. The number of nitrogens with zero attached hydrogens (tertiary/aromatic N) is 1. The van der Waals surface area contributed by atoms with E-state index in [9.17, 15) is 4.79 Å². The van der Waals surface area contributed by atoms with Crippen molar-refractivity contribution in [1.29, 1.82) is 0 Å². The van der Waals surface area contributed by atoms with Crippen molar-refractivity contribution in [2.24, 2.45) is 5.16 Å². The fraction of sp³-hybridized carbons (Fsp3) is 0.250. The van der Waals surface area contributed by atoms with Crippen molar-refractivity contribution in [3.63, 3.8) is 0 Å². The number of hydrogen-bond donors (Lipinski definition) is 1. The molecule has 5 heteroatoms. The summed E-state index contributed by atoms with van der Waals surface area (Å²) < 4.78 is 0. The van der Waals surface area contributed by atoms with Crippen molar-refractivity contribution in [2.75, 3.05) is 6.61 Å². The molecule has 1 N–H and O–H groups in total. The van der Waals surface area contributed by atoms with Gasteiger partial charge in [-0.15, -0.1) is 11.3 Å². The third-order valence-electron chi connectivity index (χ3n) is 1.27. The summed E-state index contributed by atoms with van der Waals surface area (Å²) in [6.45, 7) is 1.37. The van der Waals surface area contributed by atoms with Gasteiger partial charge in [-0.2, -0.15) is 0 Å². The minimum absolute atomic E-state index is 0.400. The van der Waals surface area contributed by atoms with E-state index >= 15 is 0 Å². The van der Waals surface area contributed by atoms with Gasteiger partial charge in [0.2, 0.25) is 6.61 Å². The first kappa shape index (κ1) is 9.73. The van der Waals surface area contributed by atoms with Crippen molar-refractivity contribution < 1.29 is 14.7 Å². The fourth-order valence-corrected chi connectivity index (χ4v) is 1.38. The zero-order chi connectivity index (χ0) is 9.68. The molecule has 0 aliphatic rings. The molecule has 0 fully saturated rings. The molecule has 13 heavy (non-hydrogen) atoms. The SMILES string of the molecule is C/C(=N\OCC(=O)O)c1cccs1. The van der Waals surface area contributed by atoms with Crippen LogP contribution in [0.5, 0.6) is 0 Å². The van der Waals surface area contributed by atoms with Gasteiger partial charge in [-0.1, -0.05) is 11.2 Å². The highest BCUT2D eigenvalue weighted by molar-refractivity contribution is 7.12. The van der Waals surface area contributed by atoms with Crippen LogP contribution in [0.4, 0.5) is 0 Å². The smallest absolute Gasteiger partial charge is 0.344 e. The molecule has 1 rings (SSSR count). The Hall–Kier alpha value is -1.36. The molecule has 0 atom stereocenters. The Kier molecular flexibility index (Phi) is 3.45. The number of carboxylic acids is 1. The molecule has 0 unspecified atom stereocenters. The third kappa shape index (κ3) is 3.25. The largest absolute Gasteiger partial charge is 0.479 e. The molecule has 0 spiro atoms. The molecule has 70 valence electrons. The van der Waals surface area contributed by atoms with Gasteiger partial charge in [-0.3, -0.25) is 0 Å². The van der Waals surface area contributed by atoms with Crippen molar-refractivity contribution >= 4 is 23.0 Å². The molecule has 4 nitrogen and oxygen atoms in total. The topological polar surface area (TPSA) is 58.9 Å². The van der Waals surface area contributed by atoms with Crippen LogP contribution in [0, 0.1) is 0 Å². The molecule has 1 aromatic heterocycles. The third-order valence-corrected chi connectivity index (χ3v) is 2.25. The van der Waals surface area contributed by atoms with E-state index < -0.39 is 12.6 Å². The van der Waals surface area contributed by atoms with E-state index in [0.29, 0.717) is 5.71 Å². The lowest BCUT2D eigenvalue weighted by atomic mass is 10.3. The van der Waals surface area contributed by atoms with Gasteiger partial charge in [-0.25, -0.2) is 4.79 Å². The molecule has 0 aromatic carbocycles. The van der Waals surface area contributed by atoms with Crippen LogP contribution in [0.25, 0.3) is 0 Å². The second-order valence-corrected chi connectivity index (χ2v) is 3.27. The van der Waals surface area contributed by atoms with Crippen molar-refractivity contribution in [3.05, 3.63) is 22.4 Å². The van der Waals surface area contributed by atoms with Gasteiger partial charge in [-0.05, 0) is 18.4 Å². The summed E-state index contributed by atoms with van der Waals surface area (Å²) in [6.07, 6.45) is 0. The number of thiophene rings is 1. The molecule has 1 heterocycles. The summed E-state index contributed by atoms with van der Waals surface area (Å²) in [5.74, 6) is -1.03. The van der Waals surface area contributed by atoms with Crippen LogP contribution in [0.2, 0.25) is 0 Å². The van der Waals surface area contributed by atoms with E-state index in [-0.39, 0.29) is 0 Å². The minimum atomic E-state index is -1.03. The van der Waals surface area contributed by atoms with E-state index in [0.717, 1.165) is 4.88 Å². The Labute approximate surface area is 79.5 Å². The first-order valence-corrected chi connectivity index (χ1v) is 4.50. The highest BCUT2D eigenvalue weighted by Crippen LogP contribution is 2.09. The molecule has 0 saturated carbocycles. The van der Waals surface area contributed by atoms with Crippen molar-refractivity contribution in [1.82, 2.24) is 0 Å². The molecular formula is C8H9NO3S. The Morgan fingerprint density at radius 1 is 1.77 bits per heavy atom. The minimum Gasteiger partial charge on any atom is -0.479 e. The van der Waals surface area contributed by atoms with E-state index in [4.69, 9.17) is 5.11 Å². The molecule has 0 radical (unpaired) electrons. The van der Waals surface area contributed by atoms with Crippen LogP contribution in [0.3, 0.4) is 0 Å². The van der Waals surface area contributed by atoms with E-state index in [1.165, 1.54) is 11.3 Å². The molecule has 0 aliphatic carbocycles. The molecule has 1 aromatic rings. The van der Waals surface area contributed by atoms with Gasteiger partial charge in [0.25, 0.3) is 0 Å². The van der Waals surface area contributed by atoms with Gasteiger partial charge in [0, 0.05) is 0 Å². The van der Waals surface area contributed by atoms with Crippen LogP contribution >= 0.6 is 11.3 Å². The standard InChI is InChI=1S/C8H9NO3S/c1-6(7-3-2-4-13-7)9-12-5-8(10)11/h2-4H,5H2,1H3,(H,10,11)/b9-6+. The maximum atomic E-state index is 10.1. The van der Waals surface area contributed by atoms with Gasteiger partial charge in [0.15, 0.2) is 0 Å². The molecule has 0 saturated heterocycles. The van der Waals surface area contributed by atoms with E-state index in [1.54, 1.807) is 6.92 Å². The molecule has 0 bridgehead atoms. The number of carbonyl (C=O) groups is 1. The summed E-state index contributed by atoms with van der Waals surface area (Å²) in [5, 5.41) is 13.8. The lowest BCUT2D eigenvalue weighted by Gasteiger charge is -1.96. The van der Waals surface area contributed by atoms with Gasteiger partial charge in [0.05, 0.1) is 10.6 Å². The second-order valence-electron chi connectivity index (χ2n) is 2.32. The fourth-order valence-electron chi connectivity index (χ4n) is 0.714. The Morgan fingerprint density at radius 2 is 2.54 bits per heavy atom. The molecule has 0 aliphatic heterocycles. The lowest BCUT2D eigenvalue weighted by molar-refractivity contribution is -0.142. The summed E-state index contributed by atoms with van der Waals surface area (Å²) in [6, 6.07) is 3.80. The van der Waals surface area contributed by atoms with Crippen LogP contribution in [0.15, 0.2) is 22.7 Å². The Morgan fingerprint density at radius 3 is 3.08 bits per heavy atom. The summed E-state index contributed by atoms with van der Waals surface area (Å²) in [7, 11) is 0. The molecule has 0 amide bonds. The van der Waals surface area contributed by atoms with E-state index in [2.05, 4.69) is 9.99 Å². The second kappa shape index (κ2) is 4.61. The van der Waals surface area contributed by atoms with E-state index in [1.807, 2.05) is 17.5 Å². The summed E-state index contributed by atoms with van der Waals surface area (Å²) in [4.78, 5) is 15.6. The van der Waals surface area contributed by atoms with Crippen molar-refractivity contribution in [2.45, 2.75) is 6.92 Å². The maximum absolute atomic E-state index is 10.1. The number of oxime groups is 1. The zero-order valence-corrected chi connectivity index (χ0v) is 7.87. The molecular weight excluding hydrogens is 190 g/mol. The Bertz CT molecular complexity index is 305. The predicted molar refractivity (Wildman–Crippen MR) is 50.1 cm³/mol. The summed E-state index contributed by atoms with van der Waals surface area (Å²) >= 11 is 1.53. The van der Waals surface area contributed by atoms with Crippen LogP contribution in [0.1, 0.15) is 11.8 Å². The van der Waals surface area contributed by atoms with Crippen LogP contribution in [-0.4, -0.2) is 23.4 Å². The predicted octanol–water partition coefficient (Wildman–Crippen LogP) is 1.57. The Balaban J connectivity index is 2.48. The van der Waals surface area contributed by atoms with Gasteiger partial charge in [0.1, 0.15) is 0 Å². The van der Waals surface area contributed by atoms with Crippen LogP contribution in [-0.2, 0) is 9.63 Å². The van der Waals surface area contributed by atoms with Crippen LogP contribution < -0.4 is 0 Å². The maximum Gasteiger partial charge on any atom is 0.344 e. The monoisotopic (exact) mass is 199 g/mol. The highest BCUT2D eigenvalue weighted by atomic mass is 32.1.